The molecular weight excluding hydrogens is 293 g/mol. The van der Waals surface area contributed by atoms with E-state index >= 15 is 0 Å². The van der Waals surface area contributed by atoms with Crippen molar-refractivity contribution in [1.29, 1.82) is 0 Å². The Labute approximate surface area is 125 Å². The van der Waals surface area contributed by atoms with Gasteiger partial charge in [-0.05, 0) is 37.3 Å². The number of rotatable bonds is 2. The smallest absolute Gasteiger partial charge is 0.260 e. The van der Waals surface area contributed by atoms with Gasteiger partial charge in [0.15, 0.2) is 0 Å². The molecule has 3 aromatic rings. The molecule has 0 aliphatic rings. The largest absolute Gasteiger partial charge is 0.398 e. The summed E-state index contributed by atoms with van der Waals surface area (Å²) in [7, 11) is 0. The van der Waals surface area contributed by atoms with E-state index in [0.29, 0.717) is 28.5 Å². The average Bonchev–Trinajstić information content (AvgIpc) is 2.94. The average molecular weight is 304 g/mol. The number of aromatic nitrogens is 2. The molecule has 0 saturated heterocycles. The first-order valence-corrected chi connectivity index (χ1v) is 6.58. The van der Waals surface area contributed by atoms with Crippen LogP contribution in [0.25, 0.3) is 22.8 Å². The Morgan fingerprint density at radius 1 is 1.19 bits per heavy atom. The second-order valence-corrected chi connectivity index (χ2v) is 5.05. The first-order chi connectivity index (χ1) is 10.0. The summed E-state index contributed by atoms with van der Waals surface area (Å²) in [6, 6.07) is 9.79. The van der Waals surface area contributed by atoms with Gasteiger partial charge in [-0.15, -0.1) is 0 Å². The van der Waals surface area contributed by atoms with Gasteiger partial charge in [-0.25, -0.2) is 4.39 Å². The van der Waals surface area contributed by atoms with Crippen molar-refractivity contribution in [1.82, 2.24) is 10.1 Å². The van der Waals surface area contributed by atoms with E-state index in [9.17, 15) is 4.39 Å². The van der Waals surface area contributed by atoms with E-state index in [1.807, 2.05) is 19.1 Å². The Bertz CT molecular complexity index is 816. The van der Waals surface area contributed by atoms with Gasteiger partial charge in [0, 0.05) is 11.3 Å². The summed E-state index contributed by atoms with van der Waals surface area (Å²) in [5.74, 6) is 0.145. The van der Waals surface area contributed by atoms with Crippen LogP contribution < -0.4 is 5.73 Å². The highest BCUT2D eigenvalue weighted by atomic mass is 35.5. The van der Waals surface area contributed by atoms with E-state index in [2.05, 4.69) is 10.1 Å². The zero-order valence-electron chi connectivity index (χ0n) is 11.1. The van der Waals surface area contributed by atoms with E-state index in [1.54, 1.807) is 6.07 Å². The zero-order chi connectivity index (χ0) is 15.0. The van der Waals surface area contributed by atoms with Crippen molar-refractivity contribution in [3.05, 3.63) is 52.8 Å². The summed E-state index contributed by atoms with van der Waals surface area (Å²) < 4.78 is 18.4. The molecular formula is C15H11ClFN3O. The minimum Gasteiger partial charge on any atom is -0.398 e. The molecule has 0 spiro atoms. The third-order valence-electron chi connectivity index (χ3n) is 3.04. The van der Waals surface area contributed by atoms with Gasteiger partial charge in [-0.3, -0.25) is 0 Å². The lowest BCUT2D eigenvalue weighted by Crippen LogP contribution is -1.91. The number of anilines is 1. The summed E-state index contributed by atoms with van der Waals surface area (Å²) in [5, 5.41) is 3.89. The van der Waals surface area contributed by atoms with Crippen molar-refractivity contribution in [2.24, 2.45) is 0 Å². The van der Waals surface area contributed by atoms with E-state index < -0.39 is 5.82 Å². The predicted octanol–water partition coefficient (Wildman–Crippen LogP) is 4.09. The highest BCUT2D eigenvalue weighted by Crippen LogP contribution is 2.28. The lowest BCUT2D eigenvalue weighted by Gasteiger charge is -2.01. The van der Waals surface area contributed by atoms with Crippen LogP contribution in [0.3, 0.4) is 0 Å². The number of nitrogens with zero attached hydrogens (tertiary/aromatic N) is 2. The fourth-order valence-electron chi connectivity index (χ4n) is 1.94. The van der Waals surface area contributed by atoms with Crippen LogP contribution in [0.15, 0.2) is 40.9 Å². The van der Waals surface area contributed by atoms with Crippen molar-refractivity contribution in [2.75, 3.05) is 5.73 Å². The molecule has 1 heterocycles. The number of aryl methyl sites for hydroxylation is 1. The first-order valence-electron chi connectivity index (χ1n) is 6.20. The number of nitrogen functional groups attached to an aromatic ring is 1. The molecule has 0 atom stereocenters. The van der Waals surface area contributed by atoms with Crippen LogP contribution in [0.4, 0.5) is 10.1 Å². The molecule has 0 saturated carbocycles. The molecule has 2 N–H and O–H groups in total. The summed E-state index contributed by atoms with van der Waals surface area (Å²) in [6.07, 6.45) is 0. The molecule has 0 bridgehead atoms. The minimum absolute atomic E-state index is 0.00826. The molecule has 0 radical (unpaired) electrons. The van der Waals surface area contributed by atoms with Gasteiger partial charge in [0.05, 0.1) is 10.6 Å². The van der Waals surface area contributed by atoms with Crippen molar-refractivity contribution >= 4 is 17.3 Å². The lowest BCUT2D eigenvalue weighted by molar-refractivity contribution is 0.432. The molecule has 2 aromatic carbocycles. The number of hydrogen-bond donors (Lipinski definition) is 1. The number of benzene rings is 2. The number of halogens is 2. The van der Waals surface area contributed by atoms with Crippen molar-refractivity contribution in [3.8, 4) is 22.8 Å². The van der Waals surface area contributed by atoms with Gasteiger partial charge in [0.2, 0.25) is 5.82 Å². The van der Waals surface area contributed by atoms with E-state index in [0.717, 1.165) is 5.56 Å². The SMILES string of the molecule is Cc1ccc(N)c(-c2nc(-c3ccc(F)c(Cl)c3)no2)c1. The van der Waals surface area contributed by atoms with Gasteiger partial charge >= 0.3 is 0 Å². The van der Waals surface area contributed by atoms with Crippen molar-refractivity contribution < 1.29 is 8.91 Å². The topological polar surface area (TPSA) is 64.9 Å². The van der Waals surface area contributed by atoms with Gasteiger partial charge < -0.3 is 10.3 Å². The molecule has 0 aliphatic carbocycles. The van der Waals surface area contributed by atoms with Gasteiger partial charge in [-0.1, -0.05) is 28.4 Å². The zero-order valence-corrected chi connectivity index (χ0v) is 11.9. The molecule has 0 fully saturated rings. The summed E-state index contributed by atoms with van der Waals surface area (Å²) in [6.45, 7) is 1.94. The predicted molar refractivity (Wildman–Crippen MR) is 79.3 cm³/mol. The Morgan fingerprint density at radius 2 is 2.00 bits per heavy atom. The standard InChI is InChI=1S/C15H11ClFN3O/c1-8-2-5-13(18)10(6-8)15-19-14(20-21-15)9-3-4-12(17)11(16)7-9/h2-7H,18H2,1H3. The van der Waals surface area contributed by atoms with Crippen LogP contribution in [-0.4, -0.2) is 10.1 Å². The number of nitrogens with two attached hydrogens (primary N) is 1. The Balaban J connectivity index is 2.03. The number of hydrogen-bond acceptors (Lipinski definition) is 4. The molecule has 21 heavy (non-hydrogen) atoms. The van der Waals surface area contributed by atoms with Crippen LogP contribution in [0.1, 0.15) is 5.56 Å². The van der Waals surface area contributed by atoms with Gasteiger partial charge in [0.1, 0.15) is 5.82 Å². The highest BCUT2D eigenvalue weighted by molar-refractivity contribution is 6.31. The van der Waals surface area contributed by atoms with Crippen LogP contribution in [0.2, 0.25) is 5.02 Å². The third-order valence-corrected chi connectivity index (χ3v) is 3.33. The van der Waals surface area contributed by atoms with Crippen LogP contribution in [0.5, 0.6) is 0 Å². The normalized spacial score (nSPS) is 10.8. The molecule has 1 aromatic heterocycles. The Morgan fingerprint density at radius 3 is 2.76 bits per heavy atom. The fraction of sp³-hybridized carbons (Fsp3) is 0.0667. The van der Waals surface area contributed by atoms with E-state index in [-0.39, 0.29) is 5.02 Å². The summed E-state index contributed by atoms with van der Waals surface area (Å²) in [5.41, 5.74) is 8.74. The maximum Gasteiger partial charge on any atom is 0.260 e. The van der Waals surface area contributed by atoms with E-state index in [1.165, 1.54) is 18.2 Å². The third kappa shape index (κ3) is 2.60. The first kappa shape index (κ1) is 13.6. The van der Waals surface area contributed by atoms with Crippen molar-refractivity contribution in [2.45, 2.75) is 6.92 Å². The van der Waals surface area contributed by atoms with Gasteiger partial charge in [0.25, 0.3) is 5.89 Å². The summed E-state index contributed by atoms with van der Waals surface area (Å²) >= 11 is 5.75. The van der Waals surface area contributed by atoms with Crippen LogP contribution in [-0.2, 0) is 0 Å². The van der Waals surface area contributed by atoms with Crippen LogP contribution >= 0.6 is 11.6 Å². The molecule has 3 rings (SSSR count). The maximum absolute atomic E-state index is 13.2. The highest BCUT2D eigenvalue weighted by Gasteiger charge is 2.14. The molecule has 0 unspecified atom stereocenters. The minimum atomic E-state index is -0.493. The lowest BCUT2D eigenvalue weighted by atomic mass is 10.1. The Kier molecular flexibility index (Phi) is 3.35. The second kappa shape index (κ2) is 5.18. The molecule has 0 aliphatic heterocycles. The maximum atomic E-state index is 13.2. The van der Waals surface area contributed by atoms with Crippen LogP contribution in [0, 0.1) is 12.7 Å². The molecule has 0 amide bonds. The van der Waals surface area contributed by atoms with E-state index in [4.69, 9.17) is 21.9 Å². The molecule has 4 nitrogen and oxygen atoms in total. The monoisotopic (exact) mass is 303 g/mol. The quantitative estimate of drug-likeness (QED) is 0.724. The molecule has 106 valence electrons. The Hall–Kier alpha value is -2.40. The van der Waals surface area contributed by atoms with Gasteiger partial charge in [-0.2, -0.15) is 4.98 Å². The fourth-order valence-corrected chi connectivity index (χ4v) is 2.12. The van der Waals surface area contributed by atoms with Crippen molar-refractivity contribution in [3.63, 3.8) is 0 Å². The second-order valence-electron chi connectivity index (χ2n) is 4.64. The molecule has 6 heteroatoms. The summed E-state index contributed by atoms with van der Waals surface area (Å²) in [4.78, 5) is 4.28.